The minimum Gasteiger partial charge on any atom is -0.496 e. The number of rotatable bonds is 8. The molecule has 1 aromatic heterocycles. The molecule has 0 aliphatic heterocycles. The first-order valence-electron chi connectivity index (χ1n) is 11.7. The first kappa shape index (κ1) is 29.2. The molecule has 40 heavy (non-hydrogen) atoms. The lowest BCUT2D eigenvalue weighted by atomic mass is 10.0. The Morgan fingerprint density at radius 2 is 1.82 bits per heavy atom. The molecule has 0 fully saturated rings. The van der Waals surface area contributed by atoms with Gasteiger partial charge in [-0.15, -0.1) is 11.8 Å². The predicted molar refractivity (Wildman–Crippen MR) is 152 cm³/mol. The van der Waals surface area contributed by atoms with Crippen LogP contribution in [0.15, 0.2) is 83.9 Å². The average Bonchev–Trinajstić information content (AvgIpc) is 2.94. The van der Waals surface area contributed by atoms with Gasteiger partial charge in [-0.05, 0) is 53.6 Å². The van der Waals surface area contributed by atoms with Crippen molar-refractivity contribution in [2.45, 2.75) is 17.0 Å². The Bertz CT molecular complexity index is 1640. The van der Waals surface area contributed by atoms with Crippen LogP contribution in [0, 0.1) is 11.3 Å². The second-order valence-corrected chi connectivity index (χ2v) is 10.2. The molecule has 4 rings (SSSR count). The van der Waals surface area contributed by atoms with Crippen molar-refractivity contribution in [2.24, 2.45) is 0 Å². The molecule has 3 aromatic carbocycles. The van der Waals surface area contributed by atoms with Crippen LogP contribution in [0.1, 0.15) is 32.7 Å². The summed E-state index contributed by atoms with van der Waals surface area (Å²) in [4.78, 5) is 16.4. The van der Waals surface area contributed by atoms with Crippen molar-refractivity contribution in [1.82, 2.24) is 4.98 Å². The second kappa shape index (κ2) is 12.6. The van der Waals surface area contributed by atoms with Gasteiger partial charge in [-0.25, -0.2) is 4.98 Å². The Morgan fingerprint density at radius 3 is 2.48 bits per heavy atom. The molecular formula is C30H19Cl2F3N2O2S. The molecule has 0 bridgehead atoms. The standard InChI is InChI=1S/C30H19Cl2F3N2O2S/c1-39-27-12-8-18(7-11-26(38)22-10-9-21(31)14-25(22)32)13-20(27)17-40-29-24(16-36)23(19-5-3-2-4-6-19)15-28(37-29)30(33,34)35/h2-15H,17H2,1H3/b11-7+. The number of carbonyl (C=O) groups excluding carboxylic acids is 1. The SMILES string of the molecule is COc1ccc(/C=C/C(=O)c2ccc(Cl)cc2Cl)cc1CSc1nc(C(F)(F)F)cc(-c2ccccc2)c1C#N. The number of hydrogen-bond acceptors (Lipinski definition) is 5. The largest absolute Gasteiger partial charge is 0.496 e. The number of benzene rings is 3. The lowest BCUT2D eigenvalue weighted by molar-refractivity contribution is -0.141. The maximum atomic E-state index is 13.7. The summed E-state index contributed by atoms with van der Waals surface area (Å²) in [5.41, 5.74) is 1.16. The number of ketones is 1. The van der Waals surface area contributed by atoms with Gasteiger partial charge in [0.2, 0.25) is 0 Å². The topological polar surface area (TPSA) is 63.0 Å². The van der Waals surface area contributed by atoms with Gasteiger partial charge < -0.3 is 4.74 Å². The number of halogens is 5. The first-order chi connectivity index (χ1) is 19.1. The van der Waals surface area contributed by atoms with Gasteiger partial charge in [-0.2, -0.15) is 18.4 Å². The van der Waals surface area contributed by atoms with Crippen LogP contribution in [0.4, 0.5) is 13.2 Å². The van der Waals surface area contributed by atoms with Gasteiger partial charge in [0.25, 0.3) is 0 Å². The molecule has 0 aliphatic rings. The lowest BCUT2D eigenvalue weighted by Crippen LogP contribution is -2.10. The van der Waals surface area contributed by atoms with E-state index in [9.17, 15) is 23.2 Å². The van der Waals surface area contributed by atoms with E-state index >= 15 is 0 Å². The number of nitriles is 1. The summed E-state index contributed by atoms with van der Waals surface area (Å²) >= 11 is 13.0. The molecule has 0 spiro atoms. The molecule has 0 saturated heterocycles. The summed E-state index contributed by atoms with van der Waals surface area (Å²) in [6.07, 6.45) is -1.74. The Kier molecular flexibility index (Phi) is 9.21. The van der Waals surface area contributed by atoms with Crippen LogP contribution in [-0.2, 0) is 11.9 Å². The highest BCUT2D eigenvalue weighted by molar-refractivity contribution is 7.98. The summed E-state index contributed by atoms with van der Waals surface area (Å²) in [7, 11) is 1.47. The van der Waals surface area contributed by atoms with Crippen molar-refractivity contribution in [2.75, 3.05) is 7.11 Å². The molecule has 0 saturated carbocycles. The third-order valence-corrected chi connectivity index (χ3v) is 7.34. The Hall–Kier alpha value is -3.77. The van der Waals surface area contributed by atoms with Crippen LogP contribution in [0.2, 0.25) is 10.0 Å². The van der Waals surface area contributed by atoms with Gasteiger partial charge in [0.05, 0.1) is 17.7 Å². The fourth-order valence-corrected chi connectivity index (χ4v) is 5.32. The van der Waals surface area contributed by atoms with E-state index in [2.05, 4.69) is 4.98 Å². The number of thioether (sulfide) groups is 1. The quantitative estimate of drug-likeness (QED) is 0.115. The molecule has 0 radical (unpaired) electrons. The van der Waals surface area contributed by atoms with Crippen LogP contribution in [0.5, 0.6) is 5.75 Å². The van der Waals surface area contributed by atoms with Crippen LogP contribution >= 0.6 is 35.0 Å². The predicted octanol–water partition coefficient (Wildman–Crippen LogP) is 9.14. The van der Waals surface area contributed by atoms with Gasteiger partial charge in [-0.3, -0.25) is 4.79 Å². The Balaban J connectivity index is 1.65. The molecule has 0 aliphatic carbocycles. The minimum atomic E-state index is -4.70. The third kappa shape index (κ3) is 6.86. The van der Waals surface area contributed by atoms with E-state index < -0.39 is 11.9 Å². The third-order valence-electron chi connectivity index (χ3n) is 5.77. The summed E-state index contributed by atoms with van der Waals surface area (Å²) in [5.74, 6) is 0.318. The van der Waals surface area contributed by atoms with Gasteiger partial charge in [-0.1, -0.05) is 65.7 Å². The number of alkyl halides is 3. The summed E-state index contributed by atoms with van der Waals surface area (Å²) < 4.78 is 46.6. The monoisotopic (exact) mass is 598 g/mol. The zero-order chi connectivity index (χ0) is 28.9. The second-order valence-electron chi connectivity index (χ2n) is 8.39. The first-order valence-corrected chi connectivity index (χ1v) is 13.4. The van der Waals surface area contributed by atoms with Crippen LogP contribution in [0.3, 0.4) is 0 Å². The molecule has 10 heteroatoms. The molecule has 202 valence electrons. The van der Waals surface area contributed by atoms with E-state index in [0.717, 1.165) is 17.8 Å². The lowest BCUT2D eigenvalue weighted by Gasteiger charge is -2.15. The fourth-order valence-electron chi connectivity index (χ4n) is 3.84. The number of methoxy groups -OCH3 is 1. The van der Waals surface area contributed by atoms with Crippen molar-refractivity contribution in [3.05, 3.63) is 117 Å². The van der Waals surface area contributed by atoms with Crippen molar-refractivity contribution in [3.8, 4) is 22.9 Å². The highest BCUT2D eigenvalue weighted by atomic mass is 35.5. The van der Waals surface area contributed by atoms with Gasteiger partial charge in [0.1, 0.15) is 22.5 Å². The zero-order valence-corrected chi connectivity index (χ0v) is 23.1. The fraction of sp³-hybridized carbons (Fsp3) is 0.100. The average molecular weight is 599 g/mol. The molecular weight excluding hydrogens is 580 g/mol. The number of hydrogen-bond donors (Lipinski definition) is 0. The van der Waals surface area contributed by atoms with E-state index in [1.165, 1.54) is 25.3 Å². The van der Waals surface area contributed by atoms with Crippen molar-refractivity contribution >= 4 is 46.8 Å². The highest BCUT2D eigenvalue weighted by Gasteiger charge is 2.34. The van der Waals surface area contributed by atoms with Gasteiger partial charge in [0, 0.05) is 27.5 Å². The van der Waals surface area contributed by atoms with Gasteiger partial charge in [0.15, 0.2) is 5.78 Å². The number of allylic oxidation sites excluding steroid dienone is 1. The summed E-state index contributed by atoms with van der Waals surface area (Å²) in [6.45, 7) is 0. The number of pyridine rings is 1. The minimum absolute atomic E-state index is 0.0460. The Labute approximate surface area is 243 Å². The molecule has 0 N–H and O–H groups in total. The number of ether oxygens (including phenoxy) is 1. The van der Waals surface area contributed by atoms with Crippen molar-refractivity contribution in [1.29, 1.82) is 5.26 Å². The number of aromatic nitrogens is 1. The summed E-state index contributed by atoms with van der Waals surface area (Å²) in [5, 5.41) is 10.5. The maximum absolute atomic E-state index is 13.7. The van der Waals surface area contributed by atoms with Crippen LogP contribution < -0.4 is 4.74 Å². The number of carbonyl (C=O) groups is 1. The van der Waals surface area contributed by atoms with E-state index in [-0.39, 0.29) is 32.7 Å². The molecule has 0 unspecified atom stereocenters. The number of nitrogens with zero attached hydrogens (tertiary/aromatic N) is 2. The molecule has 4 aromatic rings. The van der Waals surface area contributed by atoms with E-state index in [0.29, 0.717) is 33.0 Å². The molecule has 0 atom stereocenters. The van der Waals surface area contributed by atoms with Crippen LogP contribution in [0.25, 0.3) is 17.2 Å². The summed E-state index contributed by atoms with van der Waals surface area (Å²) in [6, 6.07) is 21.1. The smallest absolute Gasteiger partial charge is 0.433 e. The van der Waals surface area contributed by atoms with Crippen LogP contribution in [-0.4, -0.2) is 17.9 Å². The van der Waals surface area contributed by atoms with E-state index in [4.69, 9.17) is 27.9 Å². The highest BCUT2D eigenvalue weighted by Crippen LogP contribution is 2.38. The van der Waals surface area contributed by atoms with E-state index in [1.807, 2.05) is 6.07 Å². The Morgan fingerprint density at radius 1 is 1.07 bits per heavy atom. The van der Waals surface area contributed by atoms with E-state index in [1.54, 1.807) is 60.7 Å². The molecule has 4 nitrogen and oxygen atoms in total. The molecule has 0 amide bonds. The normalized spacial score (nSPS) is 11.4. The van der Waals surface area contributed by atoms with Crippen molar-refractivity contribution in [3.63, 3.8) is 0 Å². The van der Waals surface area contributed by atoms with Gasteiger partial charge >= 0.3 is 6.18 Å². The van der Waals surface area contributed by atoms with Crippen molar-refractivity contribution < 1.29 is 22.7 Å². The maximum Gasteiger partial charge on any atom is 0.433 e. The zero-order valence-electron chi connectivity index (χ0n) is 20.8. The molecule has 1 heterocycles.